The molecule has 0 bridgehead atoms. The number of esters is 1. The van der Waals surface area contributed by atoms with Crippen molar-refractivity contribution in [3.05, 3.63) is 33.1 Å². The summed E-state index contributed by atoms with van der Waals surface area (Å²) in [4.78, 5) is 24.0. The molecule has 0 spiro atoms. The Hall–Kier alpha value is -1.10. The van der Waals surface area contributed by atoms with Crippen molar-refractivity contribution in [3.8, 4) is 0 Å². The molecule has 1 saturated carbocycles. The fourth-order valence-electron chi connectivity index (χ4n) is 2.26. The van der Waals surface area contributed by atoms with E-state index in [1.165, 1.54) is 11.3 Å². The van der Waals surface area contributed by atoms with Gasteiger partial charge in [-0.15, -0.1) is 11.3 Å². The van der Waals surface area contributed by atoms with Gasteiger partial charge in [0, 0.05) is 21.5 Å². The van der Waals surface area contributed by atoms with Gasteiger partial charge >= 0.3 is 5.97 Å². The van der Waals surface area contributed by atoms with Crippen molar-refractivity contribution in [2.75, 3.05) is 0 Å². The van der Waals surface area contributed by atoms with E-state index in [0.717, 1.165) is 16.5 Å². The Bertz CT molecular complexity index is 708. The molecule has 0 unspecified atom stereocenters. The van der Waals surface area contributed by atoms with E-state index in [9.17, 15) is 9.59 Å². The predicted octanol–water partition coefficient (Wildman–Crippen LogP) is 4.49. The molecule has 3 rings (SSSR count). The average Bonchev–Trinajstić information content (AvgIpc) is 2.94. The molecule has 1 aromatic heterocycles. The molecule has 1 aliphatic carbocycles. The van der Waals surface area contributed by atoms with Crippen LogP contribution in [-0.2, 0) is 9.53 Å². The topological polar surface area (TPSA) is 43.4 Å². The highest BCUT2D eigenvalue weighted by molar-refractivity contribution is 7.21. The van der Waals surface area contributed by atoms with Crippen molar-refractivity contribution in [1.29, 1.82) is 0 Å². The van der Waals surface area contributed by atoms with Crippen LogP contribution in [0, 0.1) is 0 Å². The van der Waals surface area contributed by atoms with Gasteiger partial charge in [0.25, 0.3) is 0 Å². The number of hydrogen-bond donors (Lipinski definition) is 0. The van der Waals surface area contributed by atoms with Crippen molar-refractivity contribution >= 4 is 56.4 Å². The number of rotatable bonds is 2. The maximum Gasteiger partial charge on any atom is 0.350 e. The molecule has 1 fully saturated rings. The molecule has 1 atom stereocenters. The summed E-state index contributed by atoms with van der Waals surface area (Å²) in [7, 11) is 0. The van der Waals surface area contributed by atoms with Crippen LogP contribution in [0.15, 0.2) is 18.2 Å². The summed E-state index contributed by atoms with van der Waals surface area (Å²) in [5.41, 5.74) is 0. The normalized spacial score (nSPS) is 18.7. The van der Waals surface area contributed by atoms with Crippen LogP contribution in [0.1, 0.15) is 28.9 Å². The van der Waals surface area contributed by atoms with Gasteiger partial charge < -0.3 is 4.74 Å². The molecule has 2 aromatic rings. The summed E-state index contributed by atoms with van der Waals surface area (Å²) >= 11 is 13.4. The fraction of sp³-hybridized carbons (Fsp3) is 0.286. The van der Waals surface area contributed by atoms with Crippen LogP contribution >= 0.6 is 34.5 Å². The van der Waals surface area contributed by atoms with Crippen LogP contribution in [0.4, 0.5) is 0 Å². The Morgan fingerprint density at radius 1 is 1.35 bits per heavy atom. The highest BCUT2D eigenvalue weighted by Gasteiger charge is 2.30. The quantitative estimate of drug-likeness (QED) is 0.763. The van der Waals surface area contributed by atoms with Gasteiger partial charge in [-0.3, -0.25) is 4.79 Å². The van der Waals surface area contributed by atoms with Crippen molar-refractivity contribution in [1.82, 2.24) is 0 Å². The van der Waals surface area contributed by atoms with E-state index in [-0.39, 0.29) is 5.78 Å². The van der Waals surface area contributed by atoms with Crippen LogP contribution in [-0.4, -0.2) is 17.9 Å². The molecule has 0 amide bonds. The lowest BCUT2D eigenvalue weighted by atomic mass is 10.2. The number of ether oxygens (including phenoxy) is 1. The maximum atomic E-state index is 12.1. The highest BCUT2D eigenvalue weighted by atomic mass is 35.5. The lowest BCUT2D eigenvalue weighted by Crippen LogP contribution is -2.21. The Balaban J connectivity index is 1.91. The number of carbonyl (C=O) groups excluding carboxylic acids is 2. The molecule has 1 aliphatic rings. The average molecular weight is 329 g/mol. The third kappa shape index (κ3) is 2.43. The zero-order valence-corrected chi connectivity index (χ0v) is 12.6. The number of thiophene rings is 1. The zero-order chi connectivity index (χ0) is 14.3. The summed E-state index contributed by atoms with van der Waals surface area (Å²) in [6.07, 6.45) is 1.23. The smallest absolute Gasteiger partial charge is 0.350 e. The largest absolute Gasteiger partial charge is 0.450 e. The summed E-state index contributed by atoms with van der Waals surface area (Å²) in [5.74, 6) is -0.550. The minimum absolute atomic E-state index is 0.0152. The molecule has 1 heterocycles. The van der Waals surface area contributed by atoms with Crippen LogP contribution in [0.25, 0.3) is 10.1 Å². The highest BCUT2D eigenvalue weighted by Crippen LogP contribution is 2.37. The molecular weight excluding hydrogens is 319 g/mol. The van der Waals surface area contributed by atoms with Crippen LogP contribution < -0.4 is 0 Å². The minimum Gasteiger partial charge on any atom is -0.450 e. The Labute approximate surface area is 129 Å². The molecule has 20 heavy (non-hydrogen) atoms. The van der Waals surface area contributed by atoms with Crippen molar-refractivity contribution in [2.24, 2.45) is 0 Å². The molecule has 0 saturated heterocycles. The van der Waals surface area contributed by atoms with Gasteiger partial charge in [0.05, 0.1) is 5.02 Å². The first-order chi connectivity index (χ1) is 9.56. The zero-order valence-electron chi connectivity index (χ0n) is 10.3. The van der Waals surface area contributed by atoms with Crippen LogP contribution in [0.2, 0.25) is 10.0 Å². The molecule has 1 aromatic carbocycles. The molecular formula is C14H10Cl2O3S. The maximum absolute atomic E-state index is 12.1. The number of ketones is 1. The molecule has 6 heteroatoms. The standard InChI is InChI=1S/C14H10Cl2O3S/c15-7-4-5-8-11(6-7)20-13(12(8)16)14(18)19-10-3-1-2-9(10)17/h4-6,10H,1-3H2/t10-/m0/s1. The van der Waals surface area contributed by atoms with E-state index in [2.05, 4.69) is 0 Å². The number of benzene rings is 1. The first kappa shape index (κ1) is 13.9. The lowest BCUT2D eigenvalue weighted by Gasteiger charge is -2.09. The number of hydrogen-bond acceptors (Lipinski definition) is 4. The van der Waals surface area contributed by atoms with E-state index in [1.54, 1.807) is 18.2 Å². The first-order valence-corrected chi connectivity index (χ1v) is 7.75. The molecule has 3 nitrogen and oxygen atoms in total. The van der Waals surface area contributed by atoms with Gasteiger partial charge in [0.2, 0.25) is 0 Å². The van der Waals surface area contributed by atoms with Gasteiger partial charge in [-0.2, -0.15) is 0 Å². The molecule has 0 aliphatic heterocycles. The van der Waals surface area contributed by atoms with E-state index in [4.69, 9.17) is 27.9 Å². The fourth-order valence-corrected chi connectivity index (χ4v) is 3.93. The van der Waals surface area contributed by atoms with E-state index in [1.807, 2.05) is 0 Å². The predicted molar refractivity (Wildman–Crippen MR) is 79.9 cm³/mol. The lowest BCUT2D eigenvalue weighted by molar-refractivity contribution is -0.124. The number of halogens is 2. The number of carbonyl (C=O) groups is 2. The van der Waals surface area contributed by atoms with Gasteiger partial charge in [0.1, 0.15) is 4.88 Å². The second kappa shape index (κ2) is 5.35. The molecule has 104 valence electrons. The number of Topliss-reactive ketones (excluding diaryl/α,β-unsaturated/α-hetero) is 1. The van der Waals surface area contributed by atoms with Gasteiger partial charge in [-0.25, -0.2) is 4.79 Å². The van der Waals surface area contributed by atoms with E-state index >= 15 is 0 Å². The van der Waals surface area contributed by atoms with Gasteiger partial charge in [-0.1, -0.05) is 29.3 Å². The Kier molecular flexibility index (Phi) is 3.71. The second-order valence-corrected chi connectivity index (χ2v) is 6.50. The Morgan fingerprint density at radius 3 is 2.85 bits per heavy atom. The van der Waals surface area contributed by atoms with E-state index < -0.39 is 12.1 Å². The van der Waals surface area contributed by atoms with Crippen LogP contribution in [0.5, 0.6) is 0 Å². The Morgan fingerprint density at radius 2 is 2.15 bits per heavy atom. The van der Waals surface area contributed by atoms with Crippen molar-refractivity contribution < 1.29 is 14.3 Å². The SMILES string of the molecule is O=C(O[C@H]1CCCC1=O)c1sc2cc(Cl)ccc2c1Cl. The first-order valence-electron chi connectivity index (χ1n) is 6.17. The van der Waals surface area contributed by atoms with Gasteiger partial charge in [-0.05, 0) is 25.0 Å². The molecule has 0 N–H and O–H groups in total. The third-order valence-electron chi connectivity index (χ3n) is 3.27. The van der Waals surface area contributed by atoms with E-state index in [0.29, 0.717) is 27.8 Å². The number of fused-ring (bicyclic) bond motifs is 1. The third-order valence-corrected chi connectivity index (χ3v) is 5.15. The van der Waals surface area contributed by atoms with Crippen LogP contribution in [0.3, 0.4) is 0 Å². The van der Waals surface area contributed by atoms with Gasteiger partial charge in [0.15, 0.2) is 11.9 Å². The summed E-state index contributed by atoms with van der Waals surface area (Å²) in [6, 6.07) is 5.25. The van der Waals surface area contributed by atoms with Crippen molar-refractivity contribution in [3.63, 3.8) is 0 Å². The monoisotopic (exact) mass is 328 g/mol. The summed E-state index contributed by atoms with van der Waals surface area (Å²) < 4.78 is 6.08. The molecule has 0 radical (unpaired) electrons. The minimum atomic E-state index is -0.618. The summed E-state index contributed by atoms with van der Waals surface area (Å²) in [5, 5.41) is 1.71. The van der Waals surface area contributed by atoms with Crippen molar-refractivity contribution in [2.45, 2.75) is 25.4 Å². The second-order valence-electron chi connectivity index (χ2n) is 4.64. The summed E-state index contributed by atoms with van der Waals surface area (Å²) in [6.45, 7) is 0.